The predicted molar refractivity (Wildman–Crippen MR) is 124 cm³/mol. The quantitative estimate of drug-likeness (QED) is 0.500. The van der Waals surface area contributed by atoms with E-state index in [-0.39, 0.29) is 23.7 Å². The van der Waals surface area contributed by atoms with Crippen LogP contribution in [0, 0.1) is 0 Å². The van der Waals surface area contributed by atoms with E-state index in [1.54, 1.807) is 0 Å². The minimum absolute atomic E-state index is 0.00521. The molecule has 1 atom stereocenters. The van der Waals surface area contributed by atoms with Crippen LogP contribution in [0.4, 0.5) is 0 Å². The number of carbonyl (C=O) groups excluding carboxylic acids is 2. The lowest BCUT2D eigenvalue weighted by Crippen LogP contribution is -2.53. The van der Waals surface area contributed by atoms with E-state index in [0.717, 1.165) is 5.56 Å². The fraction of sp³-hybridized carbons (Fsp3) is 0.391. The van der Waals surface area contributed by atoms with Crippen LogP contribution in [0.1, 0.15) is 12.0 Å². The van der Waals surface area contributed by atoms with E-state index < -0.39 is 28.1 Å². The molecule has 10 nitrogen and oxygen atoms in total. The summed E-state index contributed by atoms with van der Waals surface area (Å²) < 4.78 is 43.7. The van der Waals surface area contributed by atoms with Gasteiger partial charge in [0.25, 0.3) is 0 Å². The third-order valence-electron chi connectivity index (χ3n) is 5.30. The lowest BCUT2D eigenvalue weighted by atomic mass is 10.1. The van der Waals surface area contributed by atoms with Gasteiger partial charge in [-0.2, -0.15) is 4.31 Å². The van der Waals surface area contributed by atoms with Crippen LogP contribution >= 0.6 is 0 Å². The largest absolute Gasteiger partial charge is 0.493 e. The zero-order valence-corrected chi connectivity index (χ0v) is 20.0. The SMILES string of the molecule is COc1ccc(S(=O)(=O)N2CCCO[C@@H]2CNC(=O)C(=O)NCCc2ccccc2)cc1OC. The Morgan fingerprint density at radius 2 is 1.74 bits per heavy atom. The van der Waals surface area contributed by atoms with Crippen molar-refractivity contribution in [1.82, 2.24) is 14.9 Å². The van der Waals surface area contributed by atoms with Gasteiger partial charge in [-0.15, -0.1) is 0 Å². The molecule has 0 spiro atoms. The van der Waals surface area contributed by atoms with E-state index in [1.807, 2.05) is 30.3 Å². The van der Waals surface area contributed by atoms with Crippen molar-refractivity contribution in [3.8, 4) is 11.5 Å². The van der Waals surface area contributed by atoms with E-state index in [4.69, 9.17) is 14.2 Å². The van der Waals surface area contributed by atoms with Crippen LogP contribution in [0.15, 0.2) is 53.4 Å². The number of ether oxygens (including phenoxy) is 3. The van der Waals surface area contributed by atoms with Crippen LogP contribution < -0.4 is 20.1 Å². The summed E-state index contributed by atoms with van der Waals surface area (Å²) in [7, 11) is -1.08. The molecule has 1 fully saturated rings. The molecule has 0 aromatic heterocycles. The second kappa shape index (κ2) is 11.8. The van der Waals surface area contributed by atoms with E-state index in [2.05, 4.69) is 10.6 Å². The molecule has 0 radical (unpaired) electrons. The lowest BCUT2D eigenvalue weighted by Gasteiger charge is -2.34. The van der Waals surface area contributed by atoms with Gasteiger partial charge >= 0.3 is 11.8 Å². The average molecular weight is 492 g/mol. The second-order valence-corrected chi connectivity index (χ2v) is 9.40. The van der Waals surface area contributed by atoms with Gasteiger partial charge in [0, 0.05) is 19.2 Å². The number of rotatable bonds is 9. The van der Waals surface area contributed by atoms with Gasteiger partial charge < -0.3 is 24.8 Å². The number of amides is 2. The molecule has 11 heteroatoms. The molecular formula is C23H29N3O7S. The van der Waals surface area contributed by atoms with Crippen molar-refractivity contribution in [2.45, 2.75) is 24.0 Å². The number of benzene rings is 2. The Hall–Kier alpha value is -3.15. The van der Waals surface area contributed by atoms with E-state index >= 15 is 0 Å². The minimum atomic E-state index is -3.96. The first-order chi connectivity index (χ1) is 16.4. The number of hydrogen-bond donors (Lipinski definition) is 2. The lowest BCUT2D eigenvalue weighted by molar-refractivity contribution is -0.140. The standard InChI is InChI=1S/C23H29N3O7S/c1-31-19-10-9-18(15-20(19)32-2)34(29,30)26-13-6-14-33-21(26)16-25-23(28)22(27)24-12-11-17-7-4-3-5-8-17/h3-5,7-10,15,21H,6,11-14,16H2,1-2H3,(H,24,27)(H,25,28)/t21-/m1/s1. The highest BCUT2D eigenvalue weighted by atomic mass is 32.2. The summed E-state index contributed by atoms with van der Waals surface area (Å²) >= 11 is 0. The molecule has 1 aliphatic heterocycles. The monoisotopic (exact) mass is 491 g/mol. The summed E-state index contributed by atoms with van der Waals surface area (Å²) in [4.78, 5) is 24.4. The van der Waals surface area contributed by atoms with Crippen LogP contribution in [-0.2, 0) is 30.8 Å². The highest BCUT2D eigenvalue weighted by Crippen LogP contribution is 2.31. The third kappa shape index (κ3) is 6.25. The number of methoxy groups -OCH3 is 2. The maximum absolute atomic E-state index is 13.3. The normalized spacial score (nSPS) is 16.5. The van der Waals surface area contributed by atoms with Crippen LogP contribution in [0.25, 0.3) is 0 Å². The van der Waals surface area contributed by atoms with E-state index in [1.165, 1.54) is 36.7 Å². The first-order valence-corrected chi connectivity index (χ1v) is 12.3. The molecule has 2 amide bonds. The second-order valence-electron chi connectivity index (χ2n) is 7.51. The van der Waals surface area contributed by atoms with Crippen LogP contribution in [0.3, 0.4) is 0 Å². The smallest absolute Gasteiger partial charge is 0.309 e. The zero-order valence-electron chi connectivity index (χ0n) is 19.2. The maximum atomic E-state index is 13.3. The summed E-state index contributed by atoms with van der Waals surface area (Å²) in [6.45, 7) is 0.676. The molecule has 0 saturated carbocycles. The Labute approximate surface area is 199 Å². The number of nitrogens with zero attached hydrogens (tertiary/aromatic N) is 1. The van der Waals surface area contributed by atoms with Crippen molar-refractivity contribution in [1.29, 1.82) is 0 Å². The Kier molecular flexibility index (Phi) is 8.85. The van der Waals surface area contributed by atoms with Gasteiger partial charge in [0.2, 0.25) is 10.0 Å². The zero-order chi connectivity index (χ0) is 24.6. The van der Waals surface area contributed by atoms with Gasteiger partial charge in [0.1, 0.15) is 6.23 Å². The number of carbonyl (C=O) groups is 2. The molecule has 2 N–H and O–H groups in total. The summed E-state index contributed by atoms with van der Waals surface area (Å²) in [5, 5.41) is 5.03. The molecule has 1 saturated heterocycles. The number of hydrogen-bond acceptors (Lipinski definition) is 7. The number of nitrogens with one attached hydrogen (secondary N) is 2. The van der Waals surface area contributed by atoms with E-state index in [0.29, 0.717) is 31.7 Å². The van der Waals surface area contributed by atoms with Gasteiger partial charge in [0.05, 0.1) is 32.3 Å². The molecule has 0 bridgehead atoms. The molecule has 2 aromatic rings. The van der Waals surface area contributed by atoms with Gasteiger partial charge in [-0.05, 0) is 30.5 Å². The fourth-order valence-electron chi connectivity index (χ4n) is 3.52. The van der Waals surface area contributed by atoms with Crippen LogP contribution in [0.5, 0.6) is 11.5 Å². The molecule has 3 rings (SSSR count). The van der Waals surface area contributed by atoms with Gasteiger partial charge in [-0.25, -0.2) is 8.42 Å². The van der Waals surface area contributed by atoms with Gasteiger partial charge in [0.15, 0.2) is 11.5 Å². The topological polar surface area (TPSA) is 123 Å². The molecule has 1 aliphatic rings. The highest BCUT2D eigenvalue weighted by Gasteiger charge is 2.35. The predicted octanol–water partition coefficient (Wildman–Crippen LogP) is 0.916. The maximum Gasteiger partial charge on any atom is 0.309 e. The van der Waals surface area contributed by atoms with Gasteiger partial charge in [-0.1, -0.05) is 30.3 Å². The van der Waals surface area contributed by atoms with Crippen molar-refractivity contribution in [2.75, 3.05) is 40.5 Å². The van der Waals surface area contributed by atoms with Crippen molar-refractivity contribution < 1.29 is 32.2 Å². The first kappa shape index (κ1) is 25.5. The summed E-state index contributed by atoms with van der Waals surface area (Å²) in [6, 6.07) is 13.9. The molecule has 2 aromatic carbocycles. The summed E-state index contributed by atoms with van der Waals surface area (Å²) in [5.74, 6) is -0.969. The van der Waals surface area contributed by atoms with Crippen LogP contribution in [-0.4, -0.2) is 71.2 Å². The third-order valence-corrected chi connectivity index (χ3v) is 7.19. The summed E-state index contributed by atoms with van der Waals surface area (Å²) in [6.07, 6.45) is 0.132. The van der Waals surface area contributed by atoms with Gasteiger partial charge in [-0.3, -0.25) is 9.59 Å². The molecule has 1 heterocycles. The minimum Gasteiger partial charge on any atom is -0.493 e. The molecule has 0 unspecified atom stereocenters. The Balaban J connectivity index is 1.60. The van der Waals surface area contributed by atoms with Crippen LogP contribution in [0.2, 0.25) is 0 Å². The molecule has 34 heavy (non-hydrogen) atoms. The Morgan fingerprint density at radius 3 is 2.44 bits per heavy atom. The Bertz CT molecular complexity index is 1090. The average Bonchev–Trinajstić information content (AvgIpc) is 2.87. The van der Waals surface area contributed by atoms with E-state index in [9.17, 15) is 18.0 Å². The van der Waals surface area contributed by atoms with Crippen molar-refractivity contribution >= 4 is 21.8 Å². The Morgan fingerprint density at radius 1 is 1.03 bits per heavy atom. The van der Waals surface area contributed by atoms with Crippen molar-refractivity contribution in [3.05, 3.63) is 54.1 Å². The number of sulfonamides is 1. The molecular weight excluding hydrogens is 462 g/mol. The summed E-state index contributed by atoms with van der Waals surface area (Å²) in [5.41, 5.74) is 1.04. The molecule has 184 valence electrons. The van der Waals surface area contributed by atoms with Crippen molar-refractivity contribution in [3.63, 3.8) is 0 Å². The highest BCUT2D eigenvalue weighted by molar-refractivity contribution is 7.89. The fourth-order valence-corrected chi connectivity index (χ4v) is 5.10. The van der Waals surface area contributed by atoms with Crippen molar-refractivity contribution in [2.24, 2.45) is 0 Å². The molecule has 0 aliphatic carbocycles. The first-order valence-electron chi connectivity index (χ1n) is 10.8.